The van der Waals surface area contributed by atoms with Gasteiger partial charge in [-0.25, -0.2) is 4.39 Å². The zero-order chi connectivity index (χ0) is 18.1. The third-order valence-corrected chi connectivity index (χ3v) is 4.42. The summed E-state index contributed by atoms with van der Waals surface area (Å²) in [5, 5.41) is 21.8. The highest BCUT2D eigenvalue weighted by molar-refractivity contribution is 7.87. The third kappa shape index (κ3) is 3.30. The fourth-order valence-electron chi connectivity index (χ4n) is 1.94. The highest BCUT2D eigenvalue weighted by atomic mass is 32.2. The lowest BCUT2D eigenvalue weighted by Crippen LogP contribution is -2.13. The molecule has 0 aliphatic heterocycles. The molecule has 0 heterocycles. The predicted octanol–water partition coefficient (Wildman–Crippen LogP) is 2.72. The largest absolute Gasteiger partial charge is 0.371 e. The first-order valence-corrected chi connectivity index (χ1v) is 7.67. The Labute approximate surface area is 134 Å². The molecule has 2 rings (SSSR count). The molecule has 0 saturated carbocycles. The molecule has 0 spiro atoms. The summed E-state index contributed by atoms with van der Waals surface area (Å²) in [6, 6.07) is 5.34. The highest BCUT2D eigenvalue weighted by Crippen LogP contribution is 2.32. The van der Waals surface area contributed by atoms with Gasteiger partial charge in [0.2, 0.25) is 5.75 Å². The van der Waals surface area contributed by atoms with Crippen LogP contribution in [0.4, 0.5) is 15.8 Å². The molecule has 0 aromatic heterocycles. The van der Waals surface area contributed by atoms with Crippen LogP contribution in [-0.4, -0.2) is 18.3 Å². The lowest BCUT2D eigenvalue weighted by Gasteiger charge is -2.09. The summed E-state index contributed by atoms with van der Waals surface area (Å²) < 4.78 is 42.5. The van der Waals surface area contributed by atoms with E-state index in [9.17, 15) is 33.0 Å². The summed E-state index contributed by atoms with van der Waals surface area (Å²) in [4.78, 5) is 19.5. The monoisotopic (exact) mass is 356 g/mol. The van der Waals surface area contributed by atoms with Crippen molar-refractivity contribution in [1.82, 2.24) is 0 Å². The van der Waals surface area contributed by atoms with Gasteiger partial charge in [-0.2, -0.15) is 8.42 Å². The Morgan fingerprint density at radius 1 is 1.04 bits per heavy atom. The van der Waals surface area contributed by atoms with Crippen LogP contribution in [0.1, 0.15) is 5.56 Å². The van der Waals surface area contributed by atoms with Gasteiger partial charge in [-0.1, -0.05) is 6.07 Å². The molecule has 0 aliphatic rings. The molecule has 0 radical (unpaired) electrons. The summed E-state index contributed by atoms with van der Waals surface area (Å²) in [7, 11) is -4.65. The van der Waals surface area contributed by atoms with Gasteiger partial charge >= 0.3 is 15.8 Å². The van der Waals surface area contributed by atoms with Gasteiger partial charge in [0.1, 0.15) is 10.7 Å². The summed E-state index contributed by atoms with van der Waals surface area (Å²) in [5.41, 5.74) is -1.43. The number of benzene rings is 2. The van der Waals surface area contributed by atoms with Crippen LogP contribution in [0.3, 0.4) is 0 Å². The van der Waals surface area contributed by atoms with Crippen molar-refractivity contribution in [3.05, 3.63) is 68.0 Å². The molecule has 9 nitrogen and oxygen atoms in total. The SMILES string of the molecule is Cc1c([N+](=O)[O-])cccc1S(=O)(=O)Oc1cc(F)ccc1[N+](=O)[O-]. The van der Waals surface area contributed by atoms with Gasteiger partial charge in [0.15, 0.2) is 0 Å². The number of nitro groups is 2. The number of nitro benzene ring substituents is 2. The molecule has 0 atom stereocenters. The van der Waals surface area contributed by atoms with E-state index in [4.69, 9.17) is 0 Å². The van der Waals surface area contributed by atoms with Crippen LogP contribution >= 0.6 is 0 Å². The van der Waals surface area contributed by atoms with Crippen molar-refractivity contribution in [2.24, 2.45) is 0 Å². The molecule has 24 heavy (non-hydrogen) atoms. The van der Waals surface area contributed by atoms with Crippen LogP contribution < -0.4 is 4.18 Å². The van der Waals surface area contributed by atoms with Gasteiger partial charge in [-0.15, -0.1) is 0 Å². The molecular weight excluding hydrogens is 347 g/mol. The van der Waals surface area contributed by atoms with Crippen LogP contribution in [0.25, 0.3) is 0 Å². The van der Waals surface area contributed by atoms with E-state index in [0.29, 0.717) is 6.07 Å². The average Bonchev–Trinajstić information content (AvgIpc) is 2.46. The van der Waals surface area contributed by atoms with Crippen LogP contribution in [0.2, 0.25) is 0 Å². The number of rotatable bonds is 5. The van der Waals surface area contributed by atoms with Crippen molar-refractivity contribution in [3.63, 3.8) is 0 Å². The van der Waals surface area contributed by atoms with Gasteiger partial charge < -0.3 is 4.18 Å². The molecule has 2 aromatic carbocycles. The quantitative estimate of drug-likeness (QED) is 0.457. The molecule has 126 valence electrons. The molecule has 2 aromatic rings. The van der Waals surface area contributed by atoms with E-state index in [1.54, 1.807) is 0 Å². The van der Waals surface area contributed by atoms with Gasteiger partial charge in [0.25, 0.3) is 5.69 Å². The topological polar surface area (TPSA) is 130 Å². The van der Waals surface area contributed by atoms with Crippen molar-refractivity contribution < 1.29 is 26.8 Å². The second-order valence-electron chi connectivity index (χ2n) is 4.56. The number of nitrogens with zero attached hydrogens (tertiary/aromatic N) is 2. The van der Waals surface area contributed by atoms with Crippen molar-refractivity contribution in [3.8, 4) is 5.75 Å². The molecule has 0 aliphatic carbocycles. The van der Waals surface area contributed by atoms with Crippen LogP contribution in [0, 0.1) is 33.0 Å². The summed E-state index contributed by atoms with van der Waals surface area (Å²) >= 11 is 0. The highest BCUT2D eigenvalue weighted by Gasteiger charge is 2.28. The van der Waals surface area contributed by atoms with E-state index in [-0.39, 0.29) is 5.56 Å². The lowest BCUT2D eigenvalue weighted by atomic mass is 10.2. The van der Waals surface area contributed by atoms with E-state index < -0.39 is 47.8 Å². The molecule has 0 N–H and O–H groups in total. The maximum atomic E-state index is 13.3. The Bertz CT molecular complexity index is 943. The van der Waals surface area contributed by atoms with Crippen LogP contribution in [0.15, 0.2) is 41.3 Å². The smallest absolute Gasteiger partial charge is 0.339 e. The molecule has 0 amide bonds. The fourth-order valence-corrected chi connectivity index (χ4v) is 3.12. The molecular formula is C13H9FN2O7S. The van der Waals surface area contributed by atoms with Crippen molar-refractivity contribution in [2.45, 2.75) is 11.8 Å². The molecule has 0 unspecified atom stereocenters. The summed E-state index contributed by atoms with van der Waals surface area (Å²) in [6.45, 7) is 1.19. The molecule has 11 heteroatoms. The van der Waals surface area contributed by atoms with Gasteiger partial charge in [-0.05, 0) is 19.1 Å². The van der Waals surface area contributed by atoms with Gasteiger partial charge in [0.05, 0.1) is 9.85 Å². The first kappa shape index (κ1) is 17.3. The van der Waals surface area contributed by atoms with E-state index in [1.165, 1.54) is 6.92 Å². The first-order chi connectivity index (χ1) is 11.1. The minimum absolute atomic E-state index is 0.207. The Morgan fingerprint density at radius 3 is 2.25 bits per heavy atom. The zero-order valence-electron chi connectivity index (χ0n) is 12.0. The predicted molar refractivity (Wildman–Crippen MR) is 78.7 cm³/mol. The number of halogens is 1. The minimum atomic E-state index is -4.65. The first-order valence-electron chi connectivity index (χ1n) is 6.26. The van der Waals surface area contributed by atoms with E-state index in [2.05, 4.69) is 4.18 Å². The van der Waals surface area contributed by atoms with Crippen molar-refractivity contribution >= 4 is 21.5 Å². The fraction of sp³-hybridized carbons (Fsp3) is 0.0769. The lowest BCUT2D eigenvalue weighted by molar-refractivity contribution is -0.385. The number of hydrogen-bond donors (Lipinski definition) is 0. The average molecular weight is 356 g/mol. The summed E-state index contributed by atoms with van der Waals surface area (Å²) in [5.74, 6) is -1.77. The van der Waals surface area contributed by atoms with Crippen molar-refractivity contribution in [2.75, 3.05) is 0 Å². The van der Waals surface area contributed by atoms with Gasteiger partial charge in [-0.3, -0.25) is 20.2 Å². The zero-order valence-corrected chi connectivity index (χ0v) is 12.8. The molecule has 0 fully saturated rings. The number of hydrogen-bond acceptors (Lipinski definition) is 7. The Balaban J connectivity index is 2.55. The molecule has 0 bridgehead atoms. The van der Waals surface area contributed by atoms with E-state index in [1.807, 2.05) is 0 Å². The Hall–Kier alpha value is -3.08. The second-order valence-corrected chi connectivity index (χ2v) is 6.08. The van der Waals surface area contributed by atoms with Crippen molar-refractivity contribution in [1.29, 1.82) is 0 Å². The normalized spacial score (nSPS) is 11.1. The second kappa shape index (κ2) is 6.20. The van der Waals surface area contributed by atoms with Gasteiger partial charge in [0, 0.05) is 23.8 Å². The standard InChI is InChI=1S/C13H9FN2O7S/c1-8-10(15(17)18)3-2-4-13(8)24(21,22)23-12-7-9(14)5-6-11(12)16(19)20/h2-7H,1H3. The van der Waals surface area contributed by atoms with E-state index in [0.717, 1.165) is 30.3 Å². The van der Waals surface area contributed by atoms with Crippen LogP contribution in [0.5, 0.6) is 5.75 Å². The Morgan fingerprint density at radius 2 is 1.67 bits per heavy atom. The Kier molecular flexibility index (Phi) is 4.46. The van der Waals surface area contributed by atoms with E-state index >= 15 is 0 Å². The minimum Gasteiger partial charge on any atom is -0.371 e. The maximum absolute atomic E-state index is 13.3. The third-order valence-electron chi connectivity index (χ3n) is 3.04. The molecule has 0 saturated heterocycles. The summed E-state index contributed by atoms with van der Waals surface area (Å²) in [6.07, 6.45) is 0. The van der Waals surface area contributed by atoms with Crippen LogP contribution in [-0.2, 0) is 10.1 Å². The maximum Gasteiger partial charge on any atom is 0.339 e.